The molecular weight excluding hydrogens is 953 g/mol. The summed E-state index contributed by atoms with van der Waals surface area (Å²) < 4.78 is 26.9. The number of amidine groups is 2. The number of hydrogen-bond acceptors (Lipinski definition) is 19. The number of benzene rings is 4. The molecule has 0 amide bonds. The monoisotopic (exact) mass is 1010 g/mol. The van der Waals surface area contributed by atoms with Crippen LogP contribution in [0.15, 0.2) is 145 Å². The van der Waals surface area contributed by atoms with Crippen LogP contribution in [0.25, 0.3) is 33.1 Å². The van der Waals surface area contributed by atoms with Gasteiger partial charge in [-0.15, -0.1) is 6.61 Å². The minimum absolute atomic E-state index is 0. The number of hydrogen-bond donors (Lipinski definition) is 4. The van der Waals surface area contributed by atoms with E-state index < -0.39 is 0 Å². The van der Waals surface area contributed by atoms with E-state index >= 15 is 0 Å². The van der Waals surface area contributed by atoms with E-state index in [9.17, 15) is 0 Å². The summed E-state index contributed by atoms with van der Waals surface area (Å²) in [5.74, 6) is 4.29. The van der Waals surface area contributed by atoms with Crippen molar-refractivity contribution in [2.24, 2.45) is 9.98 Å². The summed E-state index contributed by atoms with van der Waals surface area (Å²) in [7, 11) is 0. The Labute approximate surface area is 430 Å². The minimum atomic E-state index is -0.230. The van der Waals surface area contributed by atoms with E-state index in [4.69, 9.17) is 24.1 Å². The average molecular weight is 1010 g/mol. The zero-order valence-corrected chi connectivity index (χ0v) is 42.2. The molecule has 8 heterocycles. The smallest absolute Gasteiger partial charge is 0.289 e. The van der Waals surface area contributed by atoms with Crippen LogP contribution in [0.1, 0.15) is 45.7 Å². The molecule has 0 bridgehead atoms. The van der Waals surface area contributed by atoms with Gasteiger partial charge in [0.05, 0.1) is 22.1 Å². The van der Waals surface area contributed by atoms with Crippen LogP contribution in [0.2, 0.25) is 0 Å². The van der Waals surface area contributed by atoms with Gasteiger partial charge in [0.2, 0.25) is 0 Å². The second kappa shape index (κ2) is 20.9. The lowest BCUT2D eigenvalue weighted by Crippen LogP contribution is -2.17. The molecule has 10 aromatic rings. The van der Waals surface area contributed by atoms with Gasteiger partial charge in [-0.2, -0.15) is 10.2 Å². The van der Waals surface area contributed by atoms with Gasteiger partial charge in [0.25, 0.3) is 12.0 Å². The second-order valence-corrected chi connectivity index (χ2v) is 18.7. The van der Waals surface area contributed by atoms with Crippen LogP contribution in [0.5, 0.6) is 23.0 Å². The lowest BCUT2D eigenvalue weighted by molar-refractivity contribution is -0.361. The topological polar surface area (TPSA) is 245 Å². The highest BCUT2D eigenvalue weighted by molar-refractivity contribution is 5.98. The fourth-order valence-electron chi connectivity index (χ4n) is 7.94. The summed E-state index contributed by atoms with van der Waals surface area (Å²) >= 11 is 0. The molecule has 21 heteroatoms. The molecule has 380 valence electrons. The van der Waals surface area contributed by atoms with Crippen molar-refractivity contribution in [2.75, 3.05) is 41.1 Å². The highest BCUT2D eigenvalue weighted by Gasteiger charge is 2.27. The van der Waals surface area contributed by atoms with Gasteiger partial charge >= 0.3 is 0 Å². The van der Waals surface area contributed by atoms with Crippen molar-refractivity contribution < 1.29 is 24.1 Å². The maximum Gasteiger partial charge on any atom is 0.289 e. The third-order valence-corrected chi connectivity index (χ3v) is 11.5. The number of nitrogens with one attached hydrogen (secondary N) is 4. The van der Waals surface area contributed by atoms with Crippen LogP contribution >= 0.6 is 0 Å². The first-order valence-corrected chi connectivity index (χ1v) is 24.0. The Hall–Kier alpha value is -9.50. The number of rotatable bonds is 10. The lowest BCUT2D eigenvalue weighted by Gasteiger charge is -2.13. The molecule has 0 unspecified atom stereocenters. The molecule has 12 rings (SSSR count). The van der Waals surface area contributed by atoms with Crippen LogP contribution in [0, 0.1) is 13.8 Å². The molecule has 4 N–H and O–H groups in total. The predicted molar refractivity (Wildman–Crippen MR) is 287 cm³/mol. The SMILES string of the molecule is CC[O-].Cc1cc(Nc2ncnc3ccc(NC4=NC(C)(C)CO4)cc23)ccc1Oc1ccn2ncnc2c1.Cc1cc(Nc2ncnc3ccc(NC4=NC(C)(C)CO4)cc23)ccc1Oc1ccn2ncnc2c1. The minimum Gasteiger partial charge on any atom is -0.855 e. The number of anilines is 6. The second-order valence-electron chi connectivity index (χ2n) is 18.7. The molecule has 0 saturated carbocycles. The molecule has 6 aromatic heterocycles. The van der Waals surface area contributed by atoms with E-state index in [2.05, 4.69) is 71.4 Å². The van der Waals surface area contributed by atoms with Crippen molar-refractivity contribution in [1.82, 2.24) is 49.1 Å². The third kappa shape index (κ3) is 11.7. The molecule has 0 radical (unpaired) electrons. The molecule has 2 aliphatic rings. The molecule has 2 aliphatic heterocycles. The molecule has 0 spiro atoms. The average Bonchev–Trinajstić information content (AvgIpc) is 4.21. The molecule has 75 heavy (non-hydrogen) atoms. The predicted octanol–water partition coefficient (Wildman–Crippen LogP) is 9.55. The van der Waals surface area contributed by atoms with Crippen molar-refractivity contribution in [2.45, 2.75) is 59.5 Å². The molecule has 21 nitrogen and oxygen atoms in total. The van der Waals surface area contributed by atoms with Crippen LogP contribution in [0.3, 0.4) is 0 Å². The lowest BCUT2D eigenvalue weighted by atomic mass is 10.1. The molecule has 4 aromatic carbocycles. The molecular formula is C54H53N16O5-. The van der Waals surface area contributed by atoms with Gasteiger partial charge in [-0.1, -0.05) is 6.92 Å². The maximum absolute atomic E-state index is 8.93. The van der Waals surface area contributed by atoms with E-state index in [1.807, 2.05) is 151 Å². The largest absolute Gasteiger partial charge is 0.855 e. The van der Waals surface area contributed by atoms with Crippen molar-refractivity contribution in [3.8, 4) is 23.0 Å². The van der Waals surface area contributed by atoms with Crippen LogP contribution < -0.4 is 35.8 Å². The summed E-state index contributed by atoms with van der Waals surface area (Å²) in [6.45, 7) is 14.8. The zero-order valence-electron chi connectivity index (χ0n) is 42.2. The van der Waals surface area contributed by atoms with Crippen LogP contribution in [-0.2, 0) is 9.47 Å². The Morgan fingerprint density at radius 1 is 0.520 bits per heavy atom. The van der Waals surface area contributed by atoms with Crippen molar-refractivity contribution in [1.29, 1.82) is 0 Å². The maximum atomic E-state index is 8.93. The van der Waals surface area contributed by atoms with Crippen molar-refractivity contribution in [3.63, 3.8) is 0 Å². The standard InChI is InChI=1S/2C26H24N8O2.C2H5O/c2*1-16-10-17(5-7-22(16)36-19-8-9-34-23(12-19)28-15-30-34)31-24-20-11-18(4-6-21(20)27-14-29-24)32-25-33-26(2,3)13-35-25;1-2-3/h2*4-12,14-15H,13H2,1-3H3,(H,32,33)(H,27,29,31);2H2,1H3/q;;-1. The molecule has 0 aliphatic carbocycles. The van der Waals surface area contributed by atoms with E-state index in [1.54, 1.807) is 28.6 Å². The van der Waals surface area contributed by atoms with E-state index in [0.29, 0.717) is 48.4 Å². The number of aryl methyl sites for hydroxylation is 2. The van der Waals surface area contributed by atoms with E-state index in [0.717, 1.165) is 78.5 Å². The van der Waals surface area contributed by atoms with Gasteiger partial charge in [-0.25, -0.2) is 48.9 Å². The summed E-state index contributed by atoms with van der Waals surface area (Å²) in [5, 5.41) is 32.2. The first-order chi connectivity index (χ1) is 36.2. The Balaban J connectivity index is 0.000000163. The summed E-state index contributed by atoms with van der Waals surface area (Å²) in [4.78, 5) is 35.3. The number of pyridine rings is 2. The normalized spacial score (nSPS) is 14.1. The van der Waals surface area contributed by atoms with Gasteiger partial charge in [-0.05, 0) is 138 Å². The fourth-order valence-corrected chi connectivity index (χ4v) is 7.94. The van der Waals surface area contributed by atoms with Gasteiger partial charge in [0.1, 0.15) is 73.2 Å². The molecule has 0 fully saturated rings. The van der Waals surface area contributed by atoms with Crippen molar-refractivity contribution >= 4 is 79.5 Å². The van der Waals surface area contributed by atoms with E-state index in [1.165, 1.54) is 12.7 Å². The van der Waals surface area contributed by atoms with Crippen molar-refractivity contribution in [3.05, 3.63) is 146 Å². The number of ether oxygens (including phenoxy) is 4. The first kappa shape index (κ1) is 49.1. The fraction of sp³-hybridized carbons (Fsp3) is 0.222. The van der Waals surface area contributed by atoms with Crippen LogP contribution in [-0.4, -0.2) is 92.1 Å². The molecule has 0 saturated heterocycles. The number of aromatic nitrogens is 10. The van der Waals surface area contributed by atoms with Gasteiger partial charge in [0.15, 0.2) is 11.3 Å². The number of fused-ring (bicyclic) bond motifs is 4. The molecule has 0 atom stereocenters. The van der Waals surface area contributed by atoms with Gasteiger partial charge in [0, 0.05) is 58.0 Å². The number of aliphatic imine (C=N–C) groups is 2. The number of nitrogens with zero attached hydrogens (tertiary/aromatic N) is 12. The Bertz CT molecular complexity index is 3520. The van der Waals surface area contributed by atoms with E-state index in [-0.39, 0.29) is 17.7 Å². The summed E-state index contributed by atoms with van der Waals surface area (Å²) in [5.41, 5.74) is 8.06. The highest BCUT2D eigenvalue weighted by atomic mass is 16.5. The quantitative estimate of drug-likeness (QED) is 0.0996. The summed E-state index contributed by atoms with van der Waals surface area (Å²) in [6, 6.07) is 32.0. The van der Waals surface area contributed by atoms with Gasteiger partial charge in [-0.3, -0.25) is 0 Å². The third-order valence-electron chi connectivity index (χ3n) is 11.5. The Morgan fingerprint density at radius 3 is 1.33 bits per heavy atom. The Morgan fingerprint density at radius 2 is 0.933 bits per heavy atom. The highest BCUT2D eigenvalue weighted by Crippen LogP contribution is 2.34. The van der Waals surface area contributed by atoms with Crippen LogP contribution in [0.4, 0.5) is 34.4 Å². The zero-order chi connectivity index (χ0) is 52.1. The first-order valence-electron chi connectivity index (χ1n) is 24.0. The van der Waals surface area contributed by atoms with Gasteiger partial charge < -0.3 is 45.3 Å². The Kier molecular flexibility index (Phi) is 13.7. The summed E-state index contributed by atoms with van der Waals surface area (Å²) in [6.07, 6.45) is 9.76.